The molecule has 2 heterocycles. The first-order valence-electron chi connectivity index (χ1n) is 9.41. The number of imide groups is 2. The van der Waals surface area contributed by atoms with Crippen LogP contribution >= 0.6 is 11.6 Å². The summed E-state index contributed by atoms with van der Waals surface area (Å²) in [6, 6.07) is 2.78. The van der Waals surface area contributed by atoms with Crippen molar-refractivity contribution in [1.29, 1.82) is 0 Å². The summed E-state index contributed by atoms with van der Waals surface area (Å²) in [5.41, 5.74) is 2.58. The summed E-state index contributed by atoms with van der Waals surface area (Å²) in [5, 5.41) is 0.453. The Labute approximate surface area is 167 Å². The average molecular weight is 405 g/mol. The molecule has 0 saturated carbocycles. The van der Waals surface area contributed by atoms with Crippen molar-refractivity contribution in [3.63, 3.8) is 0 Å². The smallest absolute Gasteiger partial charge is 0.334 e. The number of carbonyl (C=O) groups is 3. The molecule has 1 saturated heterocycles. The van der Waals surface area contributed by atoms with Crippen LogP contribution in [0.4, 0.5) is 4.79 Å². The highest BCUT2D eigenvalue weighted by Crippen LogP contribution is 2.33. The number of halogens is 1. The van der Waals surface area contributed by atoms with Crippen molar-refractivity contribution in [1.82, 2.24) is 9.80 Å². The molecule has 8 heteroatoms. The number of hydrogen-bond donors (Lipinski definition) is 0. The minimum atomic E-state index is -0.816. The molecule has 0 aromatic heterocycles. The molecular formula is C20H21ClN2O5. The molecule has 0 bridgehead atoms. The van der Waals surface area contributed by atoms with Crippen LogP contribution in [-0.4, -0.2) is 41.0 Å². The Morgan fingerprint density at radius 1 is 1.07 bits per heavy atom. The summed E-state index contributed by atoms with van der Waals surface area (Å²) in [4.78, 5) is 39.5. The van der Waals surface area contributed by atoms with Crippen molar-refractivity contribution < 1.29 is 23.9 Å². The zero-order valence-corrected chi connectivity index (χ0v) is 16.2. The number of hydrogen-bond acceptors (Lipinski definition) is 5. The highest BCUT2D eigenvalue weighted by atomic mass is 35.5. The molecule has 2 aliphatic heterocycles. The lowest BCUT2D eigenvalue weighted by Gasteiger charge is -2.23. The Kier molecular flexibility index (Phi) is 5.37. The van der Waals surface area contributed by atoms with E-state index in [0.29, 0.717) is 29.4 Å². The number of benzene rings is 1. The number of nitrogens with zero attached hydrogens (tertiary/aromatic N) is 2. The predicted octanol–water partition coefficient (Wildman–Crippen LogP) is 3.39. The number of amides is 4. The summed E-state index contributed by atoms with van der Waals surface area (Å²) in [6.45, 7) is 0.587. The average Bonchev–Trinajstić information content (AvgIpc) is 2.90. The van der Waals surface area contributed by atoms with E-state index in [1.54, 1.807) is 12.1 Å². The van der Waals surface area contributed by atoms with E-state index in [9.17, 15) is 14.4 Å². The Morgan fingerprint density at radius 3 is 2.68 bits per heavy atom. The van der Waals surface area contributed by atoms with Gasteiger partial charge in [0.2, 0.25) is 0 Å². The zero-order chi connectivity index (χ0) is 19.7. The van der Waals surface area contributed by atoms with Crippen LogP contribution in [0.25, 0.3) is 0 Å². The van der Waals surface area contributed by atoms with Gasteiger partial charge in [0.05, 0.1) is 13.2 Å². The highest BCUT2D eigenvalue weighted by Gasteiger charge is 2.44. The molecule has 148 valence electrons. The summed E-state index contributed by atoms with van der Waals surface area (Å²) in [7, 11) is 0. The monoisotopic (exact) mass is 404 g/mol. The molecule has 0 N–H and O–H groups in total. The normalized spacial score (nSPS) is 19.6. The van der Waals surface area contributed by atoms with E-state index in [2.05, 4.69) is 6.08 Å². The predicted molar refractivity (Wildman–Crippen MR) is 101 cm³/mol. The van der Waals surface area contributed by atoms with E-state index in [-0.39, 0.29) is 19.9 Å². The second-order valence-corrected chi connectivity index (χ2v) is 7.59. The molecule has 1 fully saturated rings. The molecule has 0 atom stereocenters. The Balaban J connectivity index is 1.50. The van der Waals surface area contributed by atoms with E-state index in [1.165, 1.54) is 12.0 Å². The van der Waals surface area contributed by atoms with Crippen LogP contribution < -0.4 is 4.74 Å². The van der Waals surface area contributed by atoms with Gasteiger partial charge in [-0.3, -0.25) is 19.4 Å². The molecule has 7 nitrogen and oxygen atoms in total. The van der Waals surface area contributed by atoms with E-state index in [0.717, 1.165) is 34.6 Å². The van der Waals surface area contributed by atoms with Crippen LogP contribution in [0.15, 0.2) is 23.8 Å². The number of urea groups is 1. The van der Waals surface area contributed by atoms with Crippen LogP contribution in [0.5, 0.6) is 5.75 Å². The largest absolute Gasteiger partial charge is 0.467 e. The van der Waals surface area contributed by atoms with Crippen molar-refractivity contribution in [3.05, 3.63) is 39.9 Å². The van der Waals surface area contributed by atoms with Gasteiger partial charge in [0, 0.05) is 22.7 Å². The molecule has 4 rings (SSSR count). The van der Waals surface area contributed by atoms with Crippen LogP contribution in [0.1, 0.15) is 43.2 Å². The van der Waals surface area contributed by atoms with Crippen molar-refractivity contribution in [2.45, 2.75) is 45.3 Å². The fraction of sp³-hybridized carbons (Fsp3) is 0.450. The molecule has 0 unspecified atom stereocenters. The van der Waals surface area contributed by atoms with Gasteiger partial charge in [-0.15, -0.1) is 0 Å². The van der Waals surface area contributed by atoms with Crippen molar-refractivity contribution in [2.75, 3.05) is 13.3 Å². The van der Waals surface area contributed by atoms with E-state index < -0.39 is 17.8 Å². The third kappa shape index (κ3) is 3.64. The molecule has 1 aromatic carbocycles. The topological polar surface area (TPSA) is 76.1 Å². The first-order chi connectivity index (χ1) is 13.5. The molecule has 1 aliphatic carbocycles. The first kappa shape index (κ1) is 19.0. The quantitative estimate of drug-likeness (QED) is 0.427. The van der Waals surface area contributed by atoms with E-state index in [4.69, 9.17) is 21.1 Å². The first-order valence-corrected chi connectivity index (χ1v) is 9.79. The van der Waals surface area contributed by atoms with Crippen molar-refractivity contribution >= 4 is 29.4 Å². The highest BCUT2D eigenvalue weighted by molar-refractivity contribution is 6.44. The van der Waals surface area contributed by atoms with Crippen LogP contribution in [-0.2, 0) is 27.5 Å². The van der Waals surface area contributed by atoms with Crippen LogP contribution in [0.3, 0.4) is 0 Å². The maximum absolute atomic E-state index is 12.7. The van der Waals surface area contributed by atoms with Crippen LogP contribution in [0, 0.1) is 0 Å². The lowest BCUT2D eigenvalue weighted by atomic mass is 9.97. The van der Waals surface area contributed by atoms with Gasteiger partial charge in [0.25, 0.3) is 0 Å². The van der Waals surface area contributed by atoms with Gasteiger partial charge < -0.3 is 9.47 Å². The maximum atomic E-state index is 12.7. The lowest BCUT2D eigenvalue weighted by Crippen LogP contribution is -2.34. The van der Waals surface area contributed by atoms with E-state index in [1.807, 2.05) is 0 Å². The molecule has 3 aliphatic rings. The fourth-order valence-corrected chi connectivity index (χ4v) is 4.08. The maximum Gasteiger partial charge on any atom is 0.334 e. The van der Waals surface area contributed by atoms with Crippen molar-refractivity contribution in [3.8, 4) is 5.75 Å². The van der Waals surface area contributed by atoms with Gasteiger partial charge in [-0.25, -0.2) is 4.79 Å². The molecule has 28 heavy (non-hydrogen) atoms. The summed E-state index contributed by atoms with van der Waals surface area (Å²) < 4.78 is 10.8. The Morgan fingerprint density at radius 2 is 1.89 bits per heavy atom. The number of carbonyl (C=O) groups excluding carboxylic acids is 3. The summed E-state index contributed by atoms with van der Waals surface area (Å²) >= 11 is 6.15. The molecular weight excluding hydrogens is 384 g/mol. The van der Waals surface area contributed by atoms with Crippen molar-refractivity contribution in [2.24, 2.45) is 0 Å². The second-order valence-electron chi connectivity index (χ2n) is 7.15. The van der Waals surface area contributed by atoms with Gasteiger partial charge in [0.1, 0.15) is 5.75 Å². The zero-order valence-electron chi connectivity index (χ0n) is 15.4. The SMILES string of the molecule is O=C1C(=O)N(Cc2cc(Cl)cc3c2OCOC3)C(=O)N1CCC1=CCCCC1. The van der Waals surface area contributed by atoms with Gasteiger partial charge in [-0.05, 0) is 44.2 Å². The number of ether oxygens (including phenoxy) is 2. The standard InChI is InChI=1S/C20H21ClN2O5/c21-16-8-14(17-15(9-16)11-27-12-28-17)10-23-19(25)18(24)22(20(23)26)7-6-13-4-2-1-3-5-13/h4,8-9H,1-3,5-7,10-12H2. The van der Waals surface area contributed by atoms with E-state index >= 15 is 0 Å². The fourth-order valence-electron chi connectivity index (χ4n) is 3.82. The number of rotatable bonds is 5. The van der Waals surface area contributed by atoms with Gasteiger partial charge >= 0.3 is 17.8 Å². The third-order valence-electron chi connectivity index (χ3n) is 5.26. The molecule has 0 radical (unpaired) electrons. The Hall–Kier alpha value is -2.38. The second kappa shape index (κ2) is 7.93. The minimum Gasteiger partial charge on any atom is -0.467 e. The number of fused-ring (bicyclic) bond motifs is 1. The Bertz CT molecular complexity index is 866. The van der Waals surface area contributed by atoms with Gasteiger partial charge in [0.15, 0.2) is 6.79 Å². The third-order valence-corrected chi connectivity index (χ3v) is 5.47. The molecule has 1 aromatic rings. The lowest BCUT2D eigenvalue weighted by molar-refractivity contribution is -0.143. The minimum absolute atomic E-state index is 0.0640. The molecule has 4 amide bonds. The van der Waals surface area contributed by atoms with Gasteiger partial charge in [-0.1, -0.05) is 23.3 Å². The van der Waals surface area contributed by atoms with Crippen LogP contribution in [0.2, 0.25) is 5.02 Å². The summed E-state index contributed by atoms with van der Waals surface area (Å²) in [6.07, 6.45) is 7.11. The molecule has 0 spiro atoms. The summed E-state index contributed by atoms with van der Waals surface area (Å²) in [5.74, 6) is -1.04. The number of allylic oxidation sites excluding steroid dienone is 1. The van der Waals surface area contributed by atoms with Gasteiger partial charge in [-0.2, -0.15) is 0 Å².